The van der Waals surface area contributed by atoms with E-state index >= 15 is 0 Å². The first-order valence-corrected chi connectivity index (χ1v) is 6.76. The van der Waals surface area contributed by atoms with E-state index in [9.17, 15) is 4.39 Å². The number of rotatable bonds is 7. The lowest BCUT2D eigenvalue weighted by Crippen LogP contribution is -2.18. The normalized spacial score (nSPS) is 10.8. The van der Waals surface area contributed by atoms with Gasteiger partial charge in [-0.2, -0.15) is 0 Å². The van der Waals surface area contributed by atoms with E-state index in [0.29, 0.717) is 23.2 Å². The summed E-state index contributed by atoms with van der Waals surface area (Å²) in [6.45, 7) is 2.03. The van der Waals surface area contributed by atoms with E-state index < -0.39 is 0 Å². The molecule has 0 saturated heterocycles. The Morgan fingerprint density at radius 3 is 3.05 bits per heavy atom. The molecule has 2 N–H and O–H groups in total. The number of ether oxygens (including phenoxy) is 1. The van der Waals surface area contributed by atoms with Gasteiger partial charge in [0.15, 0.2) is 5.16 Å². The van der Waals surface area contributed by atoms with Crippen LogP contribution in [0.3, 0.4) is 0 Å². The van der Waals surface area contributed by atoms with Crippen LogP contribution in [0.4, 0.5) is 4.39 Å². The van der Waals surface area contributed by atoms with Crippen molar-refractivity contribution in [1.29, 1.82) is 0 Å². The van der Waals surface area contributed by atoms with Crippen LogP contribution in [0.15, 0.2) is 40.6 Å². The van der Waals surface area contributed by atoms with Crippen LogP contribution in [-0.4, -0.2) is 30.2 Å². The lowest BCUT2D eigenvalue weighted by Gasteiger charge is -2.06. The van der Waals surface area contributed by atoms with Crippen molar-refractivity contribution in [2.24, 2.45) is 0 Å². The summed E-state index contributed by atoms with van der Waals surface area (Å²) in [6.07, 6.45) is 3.36. The molecule has 1 heterocycles. The van der Waals surface area contributed by atoms with Gasteiger partial charge in [-0.3, -0.25) is 0 Å². The second-order valence-electron chi connectivity index (χ2n) is 3.93. The van der Waals surface area contributed by atoms with Gasteiger partial charge in [0.2, 0.25) is 0 Å². The van der Waals surface area contributed by atoms with E-state index in [1.54, 1.807) is 31.6 Å². The molecule has 1 aromatic heterocycles. The molecule has 0 aliphatic carbocycles. The zero-order valence-corrected chi connectivity index (χ0v) is 11.5. The van der Waals surface area contributed by atoms with E-state index in [4.69, 9.17) is 4.74 Å². The summed E-state index contributed by atoms with van der Waals surface area (Å²) in [5.74, 6) is -0.229. The molecule has 102 valence electrons. The van der Waals surface area contributed by atoms with Gasteiger partial charge >= 0.3 is 0 Å². The van der Waals surface area contributed by atoms with Gasteiger partial charge in [0.1, 0.15) is 5.82 Å². The van der Waals surface area contributed by atoms with Crippen molar-refractivity contribution >= 4 is 11.8 Å². The highest BCUT2D eigenvalue weighted by molar-refractivity contribution is 7.99. The Labute approximate surface area is 115 Å². The summed E-state index contributed by atoms with van der Waals surface area (Å²) in [6, 6.07) is 5.23. The number of methoxy groups -OCH3 is 1. The Morgan fingerprint density at radius 2 is 2.37 bits per heavy atom. The van der Waals surface area contributed by atoms with Crippen LogP contribution in [0.25, 0.3) is 0 Å². The third-order valence-corrected chi connectivity index (χ3v) is 3.46. The molecule has 2 aromatic rings. The van der Waals surface area contributed by atoms with Crippen molar-refractivity contribution < 1.29 is 9.13 Å². The molecule has 4 nitrogen and oxygen atoms in total. The number of halogens is 1. The highest BCUT2D eigenvalue weighted by Gasteiger charge is 2.06. The van der Waals surface area contributed by atoms with Crippen molar-refractivity contribution in [2.75, 3.05) is 20.3 Å². The molecule has 0 aliphatic heterocycles. The second-order valence-corrected chi connectivity index (χ2v) is 4.96. The molecule has 6 heteroatoms. The standard InChI is InChI=1S/C13H16FN3OS/c1-18-7-6-15-9-10-2-3-12(11(14)8-10)19-13-16-4-5-17-13/h2-5,8,15H,6-7,9H2,1H3,(H,16,17). The first kappa shape index (κ1) is 14.0. The average Bonchev–Trinajstić information content (AvgIpc) is 2.91. The fourth-order valence-electron chi connectivity index (χ4n) is 1.55. The summed E-state index contributed by atoms with van der Waals surface area (Å²) < 4.78 is 18.8. The van der Waals surface area contributed by atoms with Crippen LogP contribution in [0.2, 0.25) is 0 Å². The van der Waals surface area contributed by atoms with Crippen LogP contribution in [0.1, 0.15) is 5.56 Å². The predicted octanol–water partition coefficient (Wildman–Crippen LogP) is 2.44. The van der Waals surface area contributed by atoms with E-state index in [-0.39, 0.29) is 5.82 Å². The van der Waals surface area contributed by atoms with Gasteiger partial charge in [0.25, 0.3) is 0 Å². The van der Waals surface area contributed by atoms with Gasteiger partial charge in [-0.15, -0.1) is 0 Å². The quantitative estimate of drug-likeness (QED) is 0.765. The maximum atomic E-state index is 13.9. The van der Waals surface area contributed by atoms with Crippen molar-refractivity contribution in [3.63, 3.8) is 0 Å². The molecule has 0 spiro atoms. The van der Waals surface area contributed by atoms with Crippen molar-refractivity contribution in [3.05, 3.63) is 42.0 Å². The SMILES string of the molecule is COCCNCc1ccc(Sc2ncc[nH]2)c(F)c1. The minimum atomic E-state index is -0.229. The lowest BCUT2D eigenvalue weighted by molar-refractivity contribution is 0.199. The van der Waals surface area contributed by atoms with Crippen LogP contribution < -0.4 is 5.32 Å². The zero-order valence-electron chi connectivity index (χ0n) is 10.6. The number of imidazole rings is 1. The van der Waals surface area contributed by atoms with E-state index in [2.05, 4.69) is 15.3 Å². The smallest absolute Gasteiger partial charge is 0.170 e. The van der Waals surface area contributed by atoms with Crippen LogP contribution in [0.5, 0.6) is 0 Å². The Kier molecular flexibility index (Phi) is 5.38. The van der Waals surface area contributed by atoms with Gasteiger partial charge in [-0.05, 0) is 29.5 Å². The minimum absolute atomic E-state index is 0.229. The van der Waals surface area contributed by atoms with Gasteiger partial charge in [-0.1, -0.05) is 6.07 Å². The molecule has 0 fully saturated rings. The third-order valence-electron chi connectivity index (χ3n) is 2.49. The number of aromatic amines is 1. The van der Waals surface area contributed by atoms with Crippen molar-refractivity contribution in [3.8, 4) is 0 Å². The van der Waals surface area contributed by atoms with Crippen molar-refractivity contribution in [2.45, 2.75) is 16.6 Å². The molecule has 0 unspecified atom stereocenters. The number of benzene rings is 1. The molecule has 0 amide bonds. The Bertz CT molecular complexity index is 505. The minimum Gasteiger partial charge on any atom is -0.383 e. The first-order valence-electron chi connectivity index (χ1n) is 5.95. The molecule has 0 saturated carbocycles. The summed E-state index contributed by atoms with van der Waals surface area (Å²) in [4.78, 5) is 7.56. The fraction of sp³-hybridized carbons (Fsp3) is 0.308. The summed E-state index contributed by atoms with van der Waals surface area (Å²) >= 11 is 1.28. The summed E-state index contributed by atoms with van der Waals surface area (Å²) in [5, 5.41) is 3.86. The van der Waals surface area contributed by atoms with Crippen LogP contribution in [-0.2, 0) is 11.3 Å². The Balaban J connectivity index is 1.93. The highest BCUT2D eigenvalue weighted by Crippen LogP contribution is 2.27. The largest absolute Gasteiger partial charge is 0.383 e. The number of hydrogen-bond acceptors (Lipinski definition) is 4. The molecule has 19 heavy (non-hydrogen) atoms. The number of nitrogens with zero attached hydrogens (tertiary/aromatic N) is 1. The van der Waals surface area contributed by atoms with Gasteiger partial charge in [-0.25, -0.2) is 9.37 Å². The maximum Gasteiger partial charge on any atom is 0.170 e. The zero-order chi connectivity index (χ0) is 13.5. The number of H-pyrrole nitrogens is 1. The third kappa shape index (κ3) is 4.34. The molecule has 0 bridgehead atoms. The maximum absolute atomic E-state index is 13.9. The van der Waals surface area contributed by atoms with E-state index in [1.807, 2.05) is 6.07 Å². The number of nitrogens with one attached hydrogen (secondary N) is 2. The second kappa shape index (κ2) is 7.28. The van der Waals surface area contributed by atoms with E-state index in [1.165, 1.54) is 11.8 Å². The van der Waals surface area contributed by atoms with Gasteiger partial charge < -0.3 is 15.0 Å². The molecular weight excluding hydrogens is 265 g/mol. The molecule has 2 rings (SSSR count). The topological polar surface area (TPSA) is 49.9 Å². The predicted molar refractivity (Wildman–Crippen MR) is 72.7 cm³/mol. The van der Waals surface area contributed by atoms with Crippen LogP contribution >= 0.6 is 11.8 Å². The Hall–Kier alpha value is -1.37. The van der Waals surface area contributed by atoms with Crippen molar-refractivity contribution in [1.82, 2.24) is 15.3 Å². The molecular formula is C13H16FN3OS. The number of aromatic nitrogens is 2. The molecule has 0 radical (unpaired) electrons. The monoisotopic (exact) mass is 281 g/mol. The van der Waals surface area contributed by atoms with E-state index in [0.717, 1.165) is 12.1 Å². The lowest BCUT2D eigenvalue weighted by atomic mass is 10.2. The first-order chi connectivity index (χ1) is 9.29. The molecule has 1 aromatic carbocycles. The van der Waals surface area contributed by atoms with Gasteiger partial charge in [0, 0.05) is 32.6 Å². The molecule has 0 atom stereocenters. The van der Waals surface area contributed by atoms with Crippen LogP contribution in [0, 0.1) is 5.82 Å². The summed E-state index contributed by atoms with van der Waals surface area (Å²) in [5.41, 5.74) is 0.914. The number of hydrogen-bond donors (Lipinski definition) is 2. The van der Waals surface area contributed by atoms with Gasteiger partial charge in [0.05, 0.1) is 11.5 Å². The highest BCUT2D eigenvalue weighted by atomic mass is 32.2. The fourth-order valence-corrected chi connectivity index (χ4v) is 2.30. The summed E-state index contributed by atoms with van der Waals surface area (Å²) in [7, 11) is 1.65. The average molecular weight is 281 g/mol. The molecule has 0 aliphatic rings. The Morgan fingerprint density at radius 1 is 1.47 bits per heavy atom.